The number of pyridine rings is 1. The van der Waals surface area contributed by atoms with Crippen molar-refractivity contribution < 1.29 is 4.39 Å². The van der Waals surface area contributed by atoms with Gasteiger partial charge in [0.05, 0.1) is 10.7 Å². The number of benzene rings is 1. The Morgan fingerprint density at radius 2 is 2.12 bits per heavy atom. The Kier molecular flexibility index (Phi) is 2.92. The second-order valence-corrected chi connectivity index (χ2v) is 3.60. The molecule has 2 rings (SSSR count). The second-order valence-electron chi connectivity index (χ2n) is 3.20. The molecule has 1 aromatic heterocycles. The van der Waals surface area contributed by atoms with Crippen molar-refractivity contribution in [2.45, 2.75) is 0 Å². The first-order valence-corrected chi connectivity index (χ1v) is 4.97. The highest BCUT2D eigenvalue weighted by molar-refractivity contribution is 6.31. The van der Waals surface area contributed by atoms with Crippen molar-refractivity contribution in [2.75, 3.05) is 11.1 Å². The number of nitrogens with one attached hydrogen (secondary N) is 1. The van der Waals surface area contributed by atoms with Crippen LogP contribution in [0.25, 0.3) is 0 Å². The van der Waals surface area contributed by atoms with E-state index < -0.39 is 5.82 Å². The average Bonchev–Trinajstić information content (AvgIpc) is 2.27. The second kappa shape index (κ2) is 4.37. The van der Waals surface area contributed by atoms with E-state index in [1.54, 1.807) is 24.4 Å². The summed E-state index contributed by atoms with van der Waals surface area (Å²) in [6, 6.07) is 7.78. The minimum absolute atomic E-state index is 0.0551. The lowest BCUT2D eigenvalue weighted by molar-refractivity contribution is 0.628. The van der Waals surface area contributed by atoms with Crippen LogP contribution in [0.4, 0.5) is 21.6 Å². The summed E-state index contributed by atoms with van der Waals surface area (Å²) in [5, 5.41) is 3.01. The summed E-state index contributed by atoms with van der Waals surface area (Å²) in [5.74, 6) is 0.0615. The molecule has 0 unspecified atom stereocenters. The van der Waals surface area contributed by atoms with E-state index in [4.69, 9.17) is 17.3 Å². The number of aromatic nitrogens is 1. The van der Waals surface area contributed by atoms with Crippen molar-refractivity contribution in [3.05, 3.63) is 47.4 Å². The Bertz CT molecular complexity index is 516. The van der Waals surface area contributed by atoms with Gasteiger partial charge in [0.2, 0.25) is 0 Å². The van der Waals surface area contributed by atoms with Crippen LogP contribution in [0.15, 0.2) is 36.5 Å². The predicted molar refractivity (Wildman–Crippen MR) is 63.3 cm³/mol. The Balaban J connectivity index is 2.28. The van der Waals surface area contributed by atoms with Crippen LogP contribution in [0.1, 0.15) is 0 Å². The molecule has 82 valence electrons. The van der Waals surface area contributed by atoms with Crippen LogP contribution in [0, 0.1) is 5.82 Å². The zero-order valence-electron chi connectivity index (χ0n) is 8.24. The van der Waals surface area contributed by atoms with Gasteiger partial charge >= 0.3 is 0 Å². The van der Waals surface area contributed by atoms with Crippen LogP contribution in [-0.4, -0.2) is 4.98 Å². The molecule has 1 heterocycles. The van der Waals surface area contributed by atoms with Gasteiger partial charge in [0, 0.05) is 11.9 Å². The molecule has 0 radical (unpaired) electrons. The van der Waals surface area contributed by atoms with Gasteiger partial charge in [-0.3, -0.25) is 0 Å². The lowest BCUT2D eigenvalue weighted by Gasteiger charge is -2.08. The molecule has 0 bridgehead atoms. The van der Waals surface area contributed by atoms with E-state index in [1.807, 2.05) is 0 Å². The number of halogens is 2. The van der Waals surface area contributed by atoms with Gasteiger partial charge in [-0.25, -0.2) is 9.37 Å². The largest absolute Gasteiger partial charge is 0.396 e. The predicted octanol–water partition coefficient (Wildman–Crippen LogP) is 3.20. The molecule has 0 spiro atoms. The molecule has 0 saturated heterocycles. The minimum Gasteiger partial charge on any atom is -0.396 e. The maximum Gasteiger partial charge on any atom is 0.153 e. The summed E-state index contributed by atoms with van der Waals surface area (Å²) in [7, 11) is 0. The summed E-state index contributed by atoms with van der Waals surface area (Å²) < 4.78 is 12.9. The third-order valence-electron chi connectivity index (χ3n) is 2.02. The Labute approximate surface area is 97.1 Å². The molecule has 2 aromatic rings. The van der Waals surface area contributed by atoms with Crippen LogP contribution in [0.2, 0.25) is 5.02 Å². The first-order chi connectivity index (χ1) is 7.66. The van der Waals surface area contributed by atoms with Gasteiger partial charge in [0.1, 0.15) is 5.82 Å². The molecule has 0 atom stereocenters. The van der Waals surface area contributed by atoms with Crippen LogP contribution in [0.5, 0.6) is 0 Å². The minimum atomic E-state index is -0.457. The molecule has 0 amide bonds. The van der Waals surface area contributed by atoms with E-state index in [0.717, 1.165) is 0 Å². The number of hydrogen-bond acceptors (Lipinski definition) is 3. The highest BCUT2D eigenvalue weighted by Gasteiger charge is 2.03. The molecule has 5 heteroatoms. The van der Waals surface area contributed by atoms with Crippen molar-refractivity contribution in [1.82, 2.24) is 4.98 Å². The zero-order valence-corrected chi connectivity index (χ0v) is 9.00. The van der Waals surface area contributed by atoms with E-state index in [1.165, 1.54) is 12.1 Å². The molecule has 0 aliphatic heterocycles. The molecule has 3 nitrogen and oxygen atoms in total. The van der Waals surface area contributed by atoms with Crippen molar-refractivity contribution in [2.24, 2.45) is 0 Å². The molecule has 3 N–H and O–H groups in total. The molecule has 0 aliphatic rings. The molecule has 16 heavy (non-hydrogen) atoms. The third-order valence-corrected chi connectivity index (χ3v) is 2.31. The van der Waals surface area contributed by atoms with E-state index in [2.05, 4.69) is 10.3 Å². The SMILES string of the molecule is Nc1cccnc1Nc1ccc(F)c(Cl)c1. The fraction of sp³-hybridized carbons (Fsp3) is 0. The lowest BCUT2D eigenvalue weighted by Crippen LogP contribution is -1.98. The topological polar surface area (TPSA) is 50.9 Å². The van der Waals surface area contributed by atoms with Crippen molar-refractivity contribution in [3.8, 4) is 0 Å². The maximum absolute atomic E-state index is 12.9. The molecule has 0 fully saturated rings. The Morgan fingerprint density at radius 3 is 2.81 bits per heavy atom. The summed E-state index contributed by atoms with van der Waals surface area (Å²) in [4.78, 5) is 4.05. The third kappa shape index (κ3) is 2.23. The Morgan fingerprint density at radius 1 is 1.31 bits per heavy atom. The normalized spacial score (nSPS) is 10.1. The molecular weight excluding hydrogens is 229 g/mol. The first kappa shape index (κ1) is 10.7. The van der Waals surface area contributed by atoms with Gasteiger partial charge in [-0.2, -0.15) is 0 Å². The number of rotatable bonds is 2. The van der Waals surface area contributed by atoms with E-state index in [0.29, 0.717) is 17.2 Å². The van der Waals surface area contributed by atoms with Gasteiger partial charge in [-0.05, 0) is 30.3 Å². The summed E-state index contributed by atoms with van der Waals surface area (Å²) in [5.41, 5.74) is 6.86. The van der Waals surface area contributed by atoms with Crippen LogP contribution >= 0.6 is 11.6 Å². The van der Waals surface area contributed by atoms with E-state index >= 15 is 0 Å². The van der Waals surface area contributed by atoms with Gasteiger partial charge in [0.25, 0.3) is 0 Å². The van der Waals surface area contributed by atoms with Gasteiger partial charge < -0.3 is 11.1 Å². The smallest absolute Gasteiger partial charge is 0.153 e. The quantitative estimate of drug-likeness (QED) is 0.843. The number of nitrogens with two attached hydrogens (primary N) is 1. The highest BCUT2D eigenvalue weighted by atomic mass is 35.5. The zero-order chi connectivity index (χ0) is 11.5. The van der Waals surface area contributed by atoms with Crippen LogP contribution in [0.3, 0.4) is 0 Å². The lowest BCUT2D eigenvalue weighted by atomic mass is 10.3. The van der Waals surface area contributed by atoms with Crippen molar-refractivity contribution >= 4 is 28.8 Å². The van der Waals surface area contributed by atoms with Gasteiger partial charge in [-0.1, -0.05) is 11.6 Å². The maximum atomic E-state index is 12.9. The number of nitrogens with zero attached hydrogens (tertiary/aromatic N) is 1. The van der Waals surface area contributed by atoms with Crippen molar-refractivity contribution in [3.63, 3.8) is 0 Å². The van der Waals surface area contributed by atoms with Crippen molar-refractivity contribution in [1.29, 1.82) is 0 Å². The molecule has 0 saturated carbocycles. The fourth-order valence-electron chi connectivity index (χ4n) is 1.23. The fourth-order valence-corrected chi connectivity index (χ4v) is 1.41. The number of anilines is 3. The summed E-state index contributed by atoms with van der Waals surface area (Å²) in [6.07, 6.45) is 1.61. The molecular formula is C11H9ClFN3. The number of nitrogen functional groups attached to an aromatic ring is 1. The summed E-state index contributed by atoms with van der Waals surface area (Å²) >= 11 is 5.65. The Hall–Kier alpha value is -1.81. The van der Waals surface area contributed by atoms with Gasteiger partial charge in [0.15, 0.2) is 5.82 Å². The van der Waals surface area contributed by atoms with Gasteiger partial charge in [-0.15, -0.1) is 0 Å². The van der Waals surface area contributed by atoms with Crippen LogP contribution in [-0.2, 0) is 0 Å². The van der Waals surface area contributed by atoms with E-state index in [9.17, 15) is 4.39 Å². The summed E-state index contributed by atoms with van der Waals surface area (Å²) in [6.45, 7) is 0. The first-order valence-electron chi connectivity index (χ1n) is 4.59. The van der Waals surface area contributed by atoms with Crippen LogP contribution < -0.4 is 11.1 Å². The monoisotopic (exact) mass is 237 g/mol. The highest BCUT2D eigenvalue weighted by Crippen LogP contribution is 2.24. The number of hydrogen-bond donors (Lipinski definition) is 2. The van der Waals surface area contributed by atoms with E-state index in [-0.39, 0.29) is 5.02 Å². The average molecular weight is 238 g/mol. The molecule has 0 aliphatic carbocycles. The molecule has 1 aromatic carbocycles. The standard InChI is InChI=1S/C11H9ClFN3/c12-8-6-7(3-4-9(8)13)16-11-10(14)2-1-5-15-11/h1-6H,14H2,(H,15,16).